The first kappa shape index (κ1) is 13.6. The van der Waals surface area contributed by atoms with Crippen LogP contribution in [0, 0.1) is 11.8 Å². The Morgan fingerprint density at radius 1 is 1.05 bits per heavy atom. The van der Waals surface area contributed by atoms with Crippen LogP contribution in [0.3, 0.4) is 0 Å². The predicted octanol–water partition coefficient (Wildman–Crippen LogP) is 4.08. The Labute approximate surface area is 121 Å². The molecule has 0 radical (unpaired) electrons. The lowest BCUT2D eigenvalue weighted by Crippen LogP contribution is -2.32. The summed E-state index contributed by atoms with van der Waals surface area (Å²) in [5, 5.41) is 3.69. The average Bonchev–Trinajstić information content (AvgIpc) is 2.66. The van der Waals surface area contributed by atoms with E-state index in [1.807, 2.05) is 6.07 Å². The van der Waals surface area contributed by atoms with Gasteiger partial charge in [-0.2, -0.15) is 0 Å². The zero-order valence-electron chi connectivity index (χ0n) is 12.5. The molecule has 3 heteroatoms. The first-order chi connectivity index (χ1) is 9.72. The Morgan fingerprint density at radius 3 is 2.65 bits per heavy atom. The molecule has 3 atom stereocenters. The van der Waals surface area contributed by atoms with Crippen LogP contribution in [0.25, 0.3) is 0 Å². The number of nitrogens with one attached hydrogen (secondary N) is 1. The molecule has 1 fully saturated rings. The topological polar surface area (TPSA) is 30.5 Å². The van der Waals surface area contributed by atoms with Crippen LogP contribution in [0.5, 0.6) is 11.5 Å². The lowest BCUT2D eigenvalue weighted by molar-refractivity contribution is 0.276. The molecule has 3 rings (SSSR count). The van der Waals surface area contributed by atoms with Crippen molar-refractivity contribution in [3.8, 4) is 11.5 Å². The van der Waals surface area contributed by atoms with Crippen molar-refractivity contribution in [1.82, 2.24) is 0 Å². The van der Waals surface area contributed by atoms with Gasteiger partial charge in [-0.3, -0.25) is 0 Å². The van der Waals surface area contributed by atoms with Gasteiger partial charge in [-0.25, -0.2) is 0 Å². The second kappa shape index (κ2) is 5.94. The minimum Gasteiger partial charge on any atom is -0.490 e. The highest BCUT2D eigenvalue weighted by Gasteiger charge is 2.25. The highest BCUT2D eigenvalue weighted by Crippen LogP contribution is 2.35. The molecule has 1 saturated carbocycles. The number of rotatable bonds is 2. The highest BCUT2D eigenvalue weighted by atomic mass is 16.5. The number of anilines is 1. The number of benzene rings is 1. The molecule has 0 saturated heterocycles. The Hall–Kier alpha value is -1.38. The van der Waals surface area contributed by atoms with Crippen LogP contribution >= 0.6 is 0 Å². The summed E-state index contributed by atoms with van der Waals surface area (Å²) >= 11 is 0. The SMILES string of the molecule is CC1CCC(Nc2ccc3c(c2)OCCCO3)C(C)C1. The third-order valence-corrected chi connectivity index (χ3v) is 4.53. The molecule has 1 aliphatic heterocycles. The molecule has 110 valence electrons. The monoisotopic (exact) mass is 275 g/mol. The van der Waals surface area contributed by atoms with Gasteiger partial charge in [0.1, 0.15) is 0 Å². The summed E-state index contributed by atoms with van der Waals surface area (Å²) in [4.78, 5) is 0. The Morgan fingerprint density at radius 2 is 1.85 bits per heavy atom. The third kappa shape index (κ3) is 3.02. The van der Waals surface area contributed by atoms with E-state index in [2.05, 4.69) is 31.3 Å². The van der Waals surface area contributed by atoms with E-state index in [0.29, 0.717) is 6.04 Å². The minimum absolute atomic E-state index is 0.580. The maximum absolute atomic E-state index is 5.76. The normalized spacial score (nSPS) is 29.6. The van der Waals surface area contributed by atoms with Gasteiger partial charge in [0.15, 0.2) is 11.5 Å². The summed E-state index contributed by atoms with van der Waals surface area (Å²) in [5.41, 5.74) is 1.15. The van der Waals surface area contributed by atoms with Crippen molar-refractivity contribution in [3.05, 3.63) is 18.2 Å². The summed E-state index contributed by atoms with van der Waals surface area (Å²) in [7, 11) is 0. The van der Waals surface area contributed by atoms with Gasteiger partial charge < -0.3 is 14.8 Å². The van der Waals surface area contributed by atoms with Crippen molar-refractivity contribution in [3.63, 3.8) is 0 Å². The number of ether oxygens (including phenoxy) is 2. The molecule has 0 amide bonds. The van der Waals surface area contributed by atoms with Crippen LogP contribution in [-0.4, -0.2) is 19.3 Å². The van der Waals surface area contributed by atoms with Gasteiger partial charge in [-0.15, -0.1) is 0 Å². The van der Waals surface area contributed by atoms with Crippen LogP contribution in [0.1, 0.15) is 39.5 Å². The maximum Gasteiger partial charge on any atom is 0.163 e. The first-order valence-corrected chi connectivity index (χ1v) is 7.88. The maximum atomic E-state index is 5.76. The Kier molecular flexibility index (Phi) is 4.04. The van der Waals surface area contributed by atoms with Crippen LogP contribution in [0.4, 0.5) is 5.69 Å². The van der Waals surface area contributed by atoms with Crippen LogP contribution in [-0.2, 0) is 0 Å². The third-order valence-electron chi connectivity index (χ3n) is 4.53. The van der Waals surface area contributed by atoms with Gasteiger partial charge in [0, 0.05) is 24.2 Å². The quantitative estimate of drug-likeness (QED) is 0.882. The van der Waals surface area contributed by atoms with Crippen molar-refractivity contribution >= 4 is 5.69 Å². The average molecular weight is 275 g/mol. The molecular formula is C17H25NO2. The Bertz CT molecular complexity index is 460. The zero-order chi connectivity index (χ0) is 13.9. The van der Waals surface area contributed by atoms with Crippen LogP contribution in [0.15, 0.2) is 18.2 Å². The minimum atomic E-state index is 0.580. The predicted molar refractivity (Wildman–Crippen MR) is 81.6 cm³/mol. The van der Waals surface area contributed by atoms with Gasteiger partial charge in [-0.1, -0.05) is 13.8 Å². The number of hydrogen-bond acceptors (Lipinski definition) is 3. The van der Waals surface area contributed by atoms with Crippen molar-refractivity contribution in [2.24, 2.45) is 11.8 Å². The lowest BCUT2D eigenvalue weighted by atomic mass is 9.80. The summed E-state index contributed by atoms with van der Waals surface area (Å²) in [6.07, 6.45) is 4.86. The van der Waals surface area contributed by atoms with Gasteiger partial charge in [0.25, 0.3) is 0 Å². The molecular weight excluding hydrogens is 250 g/mol. The molecule has 0 aromatic heterocycles. The molecule has 1 aliphatic carbocycles. The van der Waals surface area contributed by atoms with Gasteiger partial charge in [-0.05, 0) is 43.2 Å². The van der Waals surface area contributed by atoms with E-state index in [9.17, 15) is 0 Å². The lowest BCUT2D eigenvalue weighted by Gasteiger charge is -2.34. The number of hydrogen-bond donors (Lipinski definition) is 1. The fraction of sp³-hybridized carbons (Fsp3) is 0.647. The second-order valence-corrected chi connectivity index (χ2v) is 6.36. The van der Waals surface area contributed by atoms with E-state index < -0.39 is 0 Å². The van der Waals surface area contributed by atoms with Crippen LogP contribution < -0.4 is 14.8 Å². The molecule has 1 aromatic rings. The first-order valence-electron chi connectivity index (χ1n) is 7.88. The standard InChI is InChI=1S/C17H25NO2/c1-12-4-6-15(13(2)10-12)18-14-5-7-16-17(11-14)20-9-3-8-19-16/h5,7,11-13,15,18H,3-4,6,8-10H2,1-2H3. The largest absolute Gasteiger partial charge is 0.490 e. The van der Waals surface area contributed by atoms with E-state index in [4.69, 9.17) is 9.47 Å². The number of fused-ring (bicyclic) bond motifs is 1. The summed E-state index contributed by atoms with van der Waals surface area (Å²) in [6.45, 7) is 6.21. The van der Waals surface area contributed by atoms with E-state index >= 15 is 0 Å². The van der Waals surface area contributed by atoms with E-state index in [0.717, 1.165) is 48.7 Å². The molecule has 1 aromatic carbocycles. The Balaban J connectivity index is 1.70. The van der Waals surface area contributed by atoms with Crippen molar-refractivity contribution in [2.45, 2.75) is 45.6 Å². The van der Waals surface area contributed by atoms with Gasteiger partial charge >= 0.3 is 0 Å². The molecule has 3 nitrogen and oxygen atoms in total. The van der Waals surface area contributed by atoms with Crippen molar-refractivity contribution in [1.29, 1.82) is 0 Å². The van der Waals surface area contributed by atoms with E-state index in [1.54, 1.807) is 0 Å². The van der Waals surface area contributed by atoms with Crippen molar-refractivity contribution < 1.29 is 9.47 Å². The summed E-state index contributed by atoms with van der Waals surface area (Å²) in [6, 6.07) is 6.80. The molecule has 1 heterocycles. The molecule has 0 spiro atoms. The van der Waals surface area contributed by atoms with E-state index in [1.165, 1.54) is 19.3 Å². The van der Waals surface area contributed by atoms with Crippen LogP contribution in [0.2, 0.25) is 0 Å². The second-order valence-electron chi connectivity index (χ2n) is 6.36. The fourth-order valence-corrected chi connectivity index (χ4v) is 3.35. The smallest absolute Gasteiger partial charge is 0.163 e. The zero-order valence-corrected chi connectivity index (χ0v) is 12.5. The molecule has 0 bridgehead atoms. The summed E-state index contributed by atoms with van der Waals surface area (Å²) in [5.74, 6) is 3.35. The van der Waals surface area contributed by atoms with Gasteiger partial charge in [0.2, 0.25) is 0 Å². The molecule has 3 unspecified atom stereocenters. The van der Waals surface area contributed by atoms with Crippen molar-refractivity contribution in [2.75, 3.05) is 18.5 Å². The van der Waals surface area contributed by atoms with Gasteiger partial charge in [0.05, 0.1) is 13.2 Å². The highest BCUT2D eigenvalue weighted by molar-refractivity contribution is 5.55. The molecule has 20 heavy (non-hydrogen) atoms. The molecule has 1 N–H and O–H groups in total. The van der Waals surface area contributed by atoms with E-state index in [-0.39, 0.29) is 0 Å². The fourth-order valence-electron chi connectivity index (χ4n) is 3.35. The summed E-state index contributed by atoms with van der Waals surface area (Å²) < 4.78 is 11.4. The molecule has 2 aliphatic rings.